The van der Waals surface area contributed by atoms with Gasteiger partial charge in [-0.05, 0) is 50.1 Å². The van der Waals surface area contributed by atoms with Crippen LogP contribution in [-0.2, 0) is 6.42 Å². The maximum absolute atomic E-state index is 10.8. The largest absolute Gasteiger partial charge is 0.388 e. The van der Waals surface area contributed by atoms with Crippen LogP contribution in [0, 0.1) is 0 Å². The number of hydrogen-bond donors (Lipinski definition) is 1. The zero-order valence-electron chi connectivity index (χ0n) is 10.3. The van der Waals surface area contributed by atoms with Gasteiger partial charge in [0.1, 0.15) is 0 Å². The molecule has 2 saturated heterocycles. The van der Waals surface area contributed by atoms with Gasteiger partial charge < -0.3 is 5.11 Å². The summed E-state index contributed by atoms with van der Waals surface area (Å²) in [6, 6.07) is 4.73. The zero-order chi connectivity index (χ0) is 11.7. The molecule has 1 aromatic rings. The zero-order valence-corrected chi connectivity index (χ0v) is 11.1. The summed E-state index contributed by atoms with van der Waals surface area (Å²) in [5, 5.41) is 13.0. The van der Waals surface area contributed by atoms with Gasteiger partial charge in [0, 0.05) is 17.5 Å². The normalized spacial score (nSPS) is 33.8. The summed E-state index contributed by atoms with van der Waals surface area (Å²) in [7, 11) is 0. The molecular weight excluding hydrogens is 230 g/mol. The van der Waals surface area contributed by atoms with Crippen molar-refractivity contribution in [1.29, 1.82) is 0 Å². The minimum Gasteiger partial charge on any atom is -0.388 e. The maximum Gasteiger partial charge on any atom is 0.0817 e. The molecule has 1 N–H and O–H groups in total. The van der Waals surface area contributed by atoms with E-state index in [0.29, 0.717) is 6.04 Å². The van der Waals surface area contributed by atoms with Crippen LogP contribution in [0.3, 0.4) is 0 Å². The van der Waals surface area contributed by atoms with Crippen LogP contribution < -0.4 is 0 Å². The van der Waals surface area contributed by atoms with E-state index in [9.17, 15) is 5.11 Å². The highest BCUT2D eigenvalue weighted by Crippen LogP contribution is 2.38. The Balaban J connectivity index is 1.64. The summed E-state index contributed by atoms with van der Waals surface area (Å²) >= 11 is 1.81. The first-order valence-electron chi connectivity index (χ1n) is 6.77. The van der Waals surface area contributed by atoms with Gasteiger partial charge in [-0.15, -0.1) is 11.3 Å². The Bertz CT molecular complexity index is 364. The standard InChI is InChI=1S/C14H21NOS/c16-14(7-6-12-4-3-11-17-12)8-10-15-9-2-1-5-13(14)15/h3-4,11,13,16H,1-2,5-10H2. The first-order valence-corrected chi connectivity index (χ1v) is 7.65. The van der Waals surface area contributed by atoms with Crippen LogP contribution in [0.15, 0.2) is 17.5 Å². The number of piperidine rings is 1. The Hall–Kier alpha value is -0.380. The van der Waals surface area contributed by atoms with Crippen LogP contribution in [0.4, 0.5) is 0 Å². The first-order chi connectivity index (χ1) is 8.28. The fourth-order valence-electron chi connectivity index (χ4n) is 3.46. The van der Waals surface area contributed by atoms with Crippen LogP contribution in [0.1, 0.15) is 37.0 Å². The second-order valence-electron chi connectivity index (χ2n) is 5.48. The van der Waals surface area contributed by atoms with Crippen molar-refractivity contribution in [2.75, 3.05) is 13.1 Å². The van der Waals surface area contributed by atoms with Crippen molar-refractivity contribution in [2.45, 2.75) is 50.2 Å². The van der Waals surface area contributed by atoms with Crippen LogP contribution in [0.25, 0.3) is 0 Å². The van der Waals surface area contributed by atoms with E-state index in [-0.39, 0.29) is 0 Å². The van der Waals surface area contributed by atoms with Crippen molar-refractivity contribution >= 4 is 11.3 Å². The molecule has 17 heavy (non-hydrogen) atoms. The Labute approximate surface area is 107 Å². The lowest BCUT2D eigenvalue weighted by Crippen LogP contribution is -2.47. The van der Waals surface area contributed by atoms with Crippen molar-refractivity contribution < 1.29 is 5.11 Å². The van der Waals surface area contributed by atoms with Crippen molar-refractivity contribution in [3.63, 3.8) is 0 Å². The van der Waals surface area contributed by atoms with Gasteiger partial charge >= 0.3 is 0 Å². The van der Waals surface area contributed by atoms with Gasteiger partial charge in [0.05, 0.1) is 5.60 Å². The second-order valence-corrected chi connectivity index (χ2v) is 6.51. The minimum atomic E-state index is -0.412. The van der Waals surface area contributed by atoms with Gasteiger partial charge in [0.15, 0.2) is 0 Å². The molecule has 0 aromatic carbocycles. The molecular formula is C14H21NOS. The lowest BCUT2D eigenvalue weighted by atomic mass is 9.85. The van der Waals surface area contributed by atoms with E-state index in [0.717, 1.165) is 25.8 Å². The predicted molar refractivity (Wildman–Crippen MR) is 71.4 cm³/mol. The molecule has 2 aliphatic heterocycles. The summed E-state index contributed by atoms with van der Waals surface area (Å²) in [5.74, 6) is 0. The van der Waals surface area contributed by atoms with Gasteiger partial charge in [-0.25, -0.2) is 0 Å². The van der Waals surface area contributed by atoms with E-state index in [2.05, 4.69) is 22.4 Å². The molecule has 3 rings (SSSR count). The molecule has 0 aliphatic carbocycles. The third-order valence-electron chi connectivity index (χ3n) is 4.45. The summed E-state index contributed by atoms with van der Waals surface area (Å²) in [5.41, 5.74) is -0.412. The maximum atomic E-state index is 10.8. The van der Waals surface area contributed by atoms with Crippen LogP contribution >= 0.6 is 11.3 Å². The monoisotopic (exact) mass is 251 g/mol. The van der Waals surface area contributed by atoms with Crippen molar-refractivity contribution in [2.24, 2.45) is 0 Å². The van der Waals surface area contributed by atoms with Crippen LogP contribution in [0.2, 0.25) is 0 Å². The number of nitrogens with zero attached hydrogens (tertiary/aromatic N) is 1. The second kappa shape index (κ2) is 4.71. The molecule has 1 aromatic heterocycles. The highest BCUT2D eigenvalue weighted by atomic mass is 32.1. The topological polar surface area (TPSA) is 23.5 Å². The van der Waals surface area contributed by atoms with Crippen LogP contribution in [-0.4, -0.2) is 34.7 Å². The molecule has 0 radical (unpaired) electrons. The van der Waals surface area contributed by atoms with E-state index >= 15 is 0 Å². The molecule has 0 amide bonds. The highest BCUT2D eigenvalue weighted by molar-refractivity contribution is 7.09. The van der Waals surface area contributed by atoms with Gasteiger partial charge in [-0.1, -0.05) is 12.5 Å². The Morgan fingerprint density at radius 2 is 2.35 bits per heavy atom. The number of aryl methyl sites for hydroxylation is 1. The van der Waals surface area contributed by atoms with Gasteiger partial charge in [-0.2, -0.15) is 0 Å². The summed E-state index contributed by atoms with van der Waals surface area (Å²) in [4.78, 5) is 3.92. The van der Waals surface area contributed by atoms with E-state index in [1.807, 2.05) is 11.3 Å². The molecule has 0 saturated carbocycles. The molecule has 2 nitrogen and oxygen atoms in total. The molecule has 94 valence electrons. The molecule has 3 heteroatoms. The number of thiophene rings is 1. The SMILES string of the molecule is OC1(CCc2cccs2)CCN2CCCCC21. The van der Waals surface area contributed by atoms with E-state index in [4.69, 9.17) is 0 Å². The number of hydrogen-bond acceptors (Lipinski definition) is 3. The summed E-state index contributed by atoms with van der Waals surface area (Å²) in [6.07, 6.45) is 6.76. The smallest absolute Gasteiger partial charge is 0.0817 e. The third kappa shape index (κ3) is 2.28. The number of fused-ring (bicyclic) bond motifs is 1. The van der Waals surface area contributed by atoms with E-state index < -0.39 is 5.60 Å². The summed E-state index contributed by atoms with van der Waals surface area (Å²) in [6.45, 7) is 2.30. The van der Waals surface area contributed by atoms with Gasteiger partial charge in [-0.3, -0.25) is 4.90 Å². The summed E-state index contributed by atoms with van der Waals surface area (Å²) < 4.78 is 0. The molecule has 0 spiro atoms. The average Bonchev–Trinajstić information content (AvgIpc) is 2.97. The fourth-order valence-corrected chi connectivity index (χ4v) is 4.17. The fraction of sp³-hybridized carbons (Fsp3) is 0.714. The molecule has 2 atom stereocenters. The average molecular weight is 251 g/mol. The quantitative estimate of drug-likeness (QED) is 0.893. The molecule has 3 heterocycles. The first kappa shape index (κ1) is 11.7. The van der Waals surface area contributed by atoms with Crippen molar-refractivity contribution in [3.05, 3.63) is 22.4 Å². The lowest BCUT2D eigenvalue weighted by molar-refractivity contribution is -0.0155. The van der Waals surface area contributed by atoms with Gasteiger partial charge in [0.2, 0.25) is 0 Å². The Morgan fingerprint density at radius 3 is 3.18 bits per heavy atom. The number of rotatable bonds is 3. The minimum absolute atomic E-state index is 0.412. The Morgan fingerprint density at radius 1 is 1.41 bits per heavy atom. The predicted octanol–water partition coefficient (Wildman–Crippen LogP) is 2.67. The highest BCUT2D eigenvalue weighted by Gasteiger charge is 2.45. The number of aliphatic hydroxyl groups is 1. The van der Waals surface area contributed by atoms with Crippen LogP contribution in [0.5, 0.6) is 0 Å². The van der Waals surface area contributed by atoms with Crippen molar-refractivity contribution in [1.82, 2.24) is 4.90 Å². The third-order valence-corrected chi connectivity index (χ3v) is 5.39. The molecule has 0 bridgehead atoms. The van der Waals surface area contributed by atoms with Crippen molar-refractivity contribution in [3.8, 4) is 0 Å². The Kier molecular flexibility index (Phi) is 3.24. The lowest BCUT2D eigenvalue weighted by Gasteiger charge is -2.37. The molecule has 2 unspecified atom stereocenters. The van der Waals surface area contributed by atoms with E-state index in [1.54, 1.807) is 0 Å². The van der Waals surface area contributed by atoms with E-state index in [1.165, 1.54) is 30.7 Å². The molecule has 2 aliphatic rings. The van der Waals surface area contributed by atoms with Gasteiger partial charge in [0.25, 0.3) is 0 Å². The molecule has 2 fully saturated rings.